The largest absolute Gasteiger partial charge is 0.472 e. The second kappa shape index (κ2) is 37.3. The van der Waals surface area contributed by atoms with Crippen molar-refractivity contribution in [2.45, 2.75) is 193 Å². The third-order valence-corrected chi connectivity index (χ3v) is 9.54. The molecule has 0 aliphatic heterocycles. The standard InChI is InChI=1S/C40H76NO8P/c1-3-5-7-9-11-13-15-16-17-18-19-20-21-23-25-27-29-31-33-40(43)49-38(37-48-50(44,45)47-35-34-41)36-46-39(42)32-30-28-26-24-22-14-12-10-8-6-4-2/h10,12,17-18,38H,3-9,11,13-16,19-37,41H2,1-2H3,(H,44,45)/b12-10-,18-17-. The van der Waals surface area contributed by atoms with Crippen LogP contribution >= 0.6 is 7.82 Å². The lowest BCUT2D eigenvalue weighted by atomic mass is 10.1. The fraction of sp³-hybridized carbons (Fsp3) is 0.850. The zero-order valence-corrected chi connectivity index (χ0v) is 33.0. The zero-order valence-electron chi connectivity index (χ0n) is 32.1. The summed E-state index contributed by atoms with van der Waals surface area (Å²) in [6.07, 6.45) is 37.8. The summed E-state index contributed by atoms with van der Waals surface area (Å²) in [5.74, 6) is -0.843. The van der Waals surface area contributed by atoms with Crippen molar-refractivity contribution < 1.29 is 37.6 Å². The number of ether oxygens (including phenoxy) is 2. The van der Waals surface area contributed by atoms with Crippen LogP contribution in [-0.2, 0) is 32.7 Å². The smallest absolute Gasteiger partial charge is 0.462 e. The number of hydrogen-bond acceptors (Lipinski definition) is 8. The first-order valence-corrected chi connectivity index (χ1v) is 21.8. The van der Waals surface area contributed by atoms with Gasteiger partial charge in [0.2, 0.25) is 0 Å². The van der Waals surface area contributed by atoms with E-state index in [4.69, 9.17) is 24.3 Å². The summed E-state index contributed by atoms with van der Waals surface area (Å²) in [5, 5.41) is 0. The molecule has 0 aliphatic carbocycles. The molecule has 0 aliphatic rings. The van der Waals surface area contributed by atoms with E-state index in [1.165, 1.54) is 83.5 Å². The highest BCUT2D eigenvalue weighted by Gasteiger charge is 2.26. The Bertz CT molecular complexity index is 881. The van der Waals surface area contributed by atoms with Crippen LogP contribution in [0.1, 0.15) is 187 Å². The van der Waals surface area contributed by atoms with Crippen molar-refractivity contribution in [1.29, 1.82) is 0 Å². The number of unbranched alkanes of at least 4 members (excludes halogenated alkanes) is 21. The van der Waals surface area contributed by atoms with E-state index in [0.717, 1.165) is 70.6 Å². The number of phosphoric ester groups is 1. The van der Waals surface area contributed by atoms with Crippen LogP contribution in [0.2, 0.25) is 0 Å². The number of allylic oxidation sites excluding steroid dienone is 4. The number of esters is 2. The lowest BCUT2D eigenvalue weighted by Gasteiger charge is -2.19. The van der Waals surface area contributed by atoms with Gasteiger partial charge in [-0.05, 0) is 57.8 Å². The van der Waals surface area contributed by atoms with Crippen LogP contribution in [0.25, 0.3) is 0 Å². The molecule has 2 atom stereocenters. The summed E-state index contributed by atoms with van der Waals surface area (Å²) in [4.78, 5) is 34.7. The Balaban J connectivity index is 4.16. The molecule has 0 aromatic rings. The summed E-state index contributed by atoms with van der Waals surface area (Å²) in [5.41, 5.74) is 5.33. The molecule has 0 spiro atoms. The van der Waals surface area contributed by atoms with Crippen molar-refractivity contribution in [2.75, 3.05) is 26.4 Å². The SMILES string of the molecule is CCCC/C=C\CCCCCCCC(=O)OCC(COP(=O)(O)OCCN)OC(=O)CCCCCCCCC/C=C\CCCCCCCCC. The molecule has 294 valence electrons. The van der Waals surface area contributed by atoms with Gasteiger partial charge >= 0.3 is 19.8 Å². The van der Waals surface area contributed by atoms with Crippen LogP contribution in [0.3, 0.4) is 0 Å². The van der Waals surface area contributed by atoms with E-state index in [1.807, 2.05) is 0 Å². The van der Waals surface area contributed by atoms with Gasteiger partial charge in [0.25, 0.3) is 0 Å². The van der Waals surface area contributed by atoms with Gasteiger partial charge in [-0.3, -0.25) is 18.6 Å². The molecule has 2 unspecified atom stereocenters. The van der Waals surface area contributed by atoms with E-state index in [-0.39, 0.29) is 32.6 Å². The Hall–Kier alpha value is -1.51. The Morgan fingerprint density at radius 3 is 1.48 bits per heavy atom. The second-order valence-electron chi connectivity index (χ2n) is 13.5. The molecular formula is C40H76NO8P. The third-order valence-electron chi connectivity index (χ3n) is 8.56. The Kier molecular flexibility index (Phi) is 36.1. The molecule has 50 heavy (non-hydrogen) atoms. The van der Waals surface area contributed by atoms with E-state index < -0.39 is 32.5 Å². The minimum atomic E-state index is -4.37. The van der Waals surface area contributed by atoms with Gasteiger partial charge in [-0.1, -0.05) is 141 Å². The van der Waals surface area contributed by atoms with Gasteiger partial charge in [0, 0.05) is 19.4 Å². The van der Waals surface area contributed by atoms with E-state index in [2.05, 4.69) is 38.2 Å². The topological polar surface area (TPSA) is 134 Å². The summed E-state index contributed by atoms with van der Waals surface area (Å²) < 4.78 is 32.7. The van der Waals surface area contributed by atoms with E-state index >= 15 is 0 Å². The van der Waals surface area contributed by atoms with Gasteiger partial charge in [0.05, 0.1) is 13.2 Å². The summed E-state index contributed by atoms with van der Waals surface area (Å²) in [6.45, 7) is 3.68. The first-order chi connectivity index (χ1) is 24.3. The number of carbonyl (C=O) groups excluding carboxylic acids is 2. The van der Waals surface area contributed by atoms with Crippen molar-refractivity contribution in [3.05, 3.63) is 24.3 Å². The molecule has 10 heteroatoms. The highest BCUT2D eigenvalue weighted by molar-refractivity contribution is 7.47. The summed E-state index contributed by atoms with van der Waals surface area (Å²) >= 11 is 0. The summed E-state index contributed by atoms with van der Waals surface area (Å²) in [7, 11) is -4.37. The van der Waals surface area contributed by atoms with Crippen molar-refractivity contribution >= 4 is 19.8 Å². The number of hydrogen-bond donors (Lipinski definition) is 2. The molecule has 0 saturated carbocycles. The van der Waals surface area contributed by atoms with E-state index in [1.54, 1.807) is 0 Å². The Morgan fingerprint density at radius 2 is 1.00 bits per heavy atom. The molecule has 0 saturated heterocycles. The maximum atomic E-state index is 12.5. The minimum absolute atomic E-state index is 0.0524. The van der Waals surface area contributed by atoms with Gasteiger partial charge in [-0.25, -0.2) is 4.57 Å². The van der Waals surface area contributed by atoms with Gasteiger partial charge in [0.15, 0.2) is 6.10 Å². The number of carbonyl (C=O) groups is 2. The normalized spacial score (nSPS) is 13.6. The van der Waals surface area contributed by atoms with Crippen LogP contribution in [-0.4, -0.2) is 49.3 Å². The number of nitrogens with two attached hydrogens (primary N) is 1. The van der Waals surface area contributed by atoms with Gasteiger partial charge in [-0.15, -0.1) is 0 Å². The monoisotopic (exact) mass is 730 g/mol. The molecule has 0 aromatic carbocycles. The predicted octanol–water partition coefficient (Wildman–Crippen LogP) is 11.2. The molecule has 0 heterocycles. The molecule has 9 nitrogen and oxygen atoms in total. The van der Waals surface area contributed by atoms with Crippen LogP contribution in [0.5, 0.6) is 0 Å². The zero-order chi connectivity index (χ0) is 36.8. The predicted molar refractivity (Wildman–Crippen MR) is 206 cm³/mol. The maximum Gasteiger partial charge on any atom is 0.472 e. The van der Waals surface area contributed by atoms with Crippen LogP contribution in [0.15, 0.2) is 24.3 Å². The molecule has 0 fully saturated rings. The lowest BCUT2D eigenvalue weighted by molar-refractivity contribution is -0.161. The fourth-order valence-electron chi connectivity index (χ4n) is 5.49. The quantitative estimate of drug-likeness (QED) is 0.0275. The average Bonchev–Trinajstić information content (AvgIpc) is 3.10. The minimum Gasteiger partial charge on any atom is -0.462 e. The molecule has 3 N–H and O–H groups in total. The van der Waals surface area contributed by atoms with Crippen LogP contribution in [0.4, 0.5) is 0 Å². The molecule has 0 rings (SSSR count). The van der Waals surface area contributed by atoms with Gasteiger partial charge < -0.3 is 20.1 Å². The van der Waals surface area contributed by atoms with E-state index in [0.29, 0.717) is 6.42 Å². The summed E-state index contributed by atoms with van der Waals surface area (Å²) in [6, 6.07) is 0. The van der Waals surface area contributed by atoms with Crippen LogP contribution < -0.4 is 5.73 Å². The third kappa shape index (κ3) is 36.3. The maximum absolute atomic E-state index is 12.5. The lowest BCUT2D eigenvalue weighted by Crippen LogP contribution is -2.29. The van der Waals surface area contributed by atoms with Gasteiger partial charge in [-0.2, -0.15) is 0 Å². The molecule has 0 amide bonds. The van der Waals surface area contributed by atoms with Crippen molar-refractivity contribution in [2.24, 2.45) is 5.73 Å². The van der Waals surface area contributed by atoms with Crippen molar-refractivity contribution in [1.82, 2.24) is 0 Å². The van der Waals surface area contributed by atoms with Crippen molar-refractivity contribution in [3.8, 4) is 0 Å². The Labute approximate surface area is 306 Å². The first-order valence-electron chi connectivity index (χ1n) is 20.3. The van der Waals surface area contributed by atoms with E-state index in [9.17, 15) is 19.0 Å². The Morgan fingerprint density at radius 1 is 0.580 bits per heavy atom. The number of rotatable bonds is 38. The average molecular weight is 730 g/mol. The first kappa shape index (κ1) is 48.5. The molecular weight excluding hydrogens is 653 g/mol. The molecule has 0 radical (unpaired) electrons. The van der Waals surface area contributed by atoms with Crippen LogP contribution in [0, 0.1) is 0 Å². The number of phosphoric acid groups is 1. The highest BCUT2D eigenvalue weighted by atomic mass is 31.2. The molecule has 0 aromatic heterocycles. The second-order valence-corrected chi connectivity index (χ2v) is 14.9. The highest BCUT2D eigenvalue weighted by Crippen LogP contribution is 2.43. The fourth-order valence-corrected chi connectivity index (χ4v) is 6.26. The molecule has 0 bridgehead atoms. The van der Waals surface area contributed by atoms with Gasteiger partial charge in [0.1, 0.15) is 6.61 Å². The van der Waals surface area contributed by atoms with Crippen molar-refractivity contribution in [3.63, 3.8) is 0 Å².